The molecule has 0 aliphatic rings. The minimum Gasteiger partial charge on any atom is -0.317 e. The lowest BCUT2D eigenvalue weighted by Crippen LogP contribution is -1.94. The van der Waals surface area contributed by atoms with Crippen LogP contribution in [-0.2, 0) is 0 Å². The van der Waals surface area contributed by atoms with E-state index < -0.39 is 0 Å². The molecule has 0 radical (unpaired) electrons. The fourth-order valence-corrected chi connectivity index (χ4v) is 1.81. The molecule has 80 valence electrons. The Balaban J connectivity index is 2.54. The Morgan fingerprint density at radius 3 is 2.50 bits per heavy atom. The SMILES string of the molecule is C=Cc1c(/C=C\C)ccn1-c1ccccc1. The largest absolute Gasteiger partial charge is 0.317 e. The Hall–Kier alpha value is -2.02. The van der Waals surface area contributed by atoms with Crippen molar-refractivity contribution < 1.29 is 0 Å². The van der Waals surface area contributed by atoms with Crippen LogP contribution < -0.4 is 0 Å². The van der Waals surface area contributed by atoms with Gasteiger partial charge in [0.25, 0.3) is 0 Å². The van der Waals surface area contributed by atoms with Gasteiger partial charge in [-0.2, -0.15) is 0 Å². The molecule has 0 saturated heterocycles. The van der Waals surface area contributed by atoms with Crippen LogP contribution >= 0.6 is 0 Å². The average molecular weight is 209 g/mol. The first kappa shape index (κ1) is 10.5. The van der Waals surface area contributed by atoms with E-state index in [9.17, 15) is 0 Å². The maximum absolute atomic E-state index is 3.88. The number of allylic oxidation sites excluding steroid dienone is 1. The van der Waals surface area contributed by atoms with Crippen LogP contribution in [0.5, 0.6) is 0 Å². The zero-order valence-corrected chi connectivity index (χ0v) is 9.43. The van der Waals surface area contributed by atoms with E-state index in [0.29, 0.717) is 0 Å². The number of benzene rings is 1. The number of nitrogens with zero attached hydrogens (tertiary/aromatic N) is 1. The molecule has 0 atom stereocenters. The Bertz CT molecular complexity index is 503. The van der Waals surface area contributed by atoms with Gasteiger partial charge in [0.15, 0.2) is 0 Å². The van der Waals surface area contributed by atoms with Gasteiger partial charge in [0.05, 0.1) is 5.69 Å². The minimum atomic E-state index is 1.13. The first-order valence-corrected chi connectivity index (χ1v) is 5.38. The summed E-state index contributed by atoms with van der Waals surface area (Å²) in [5.74, 6) is 0. The van der Waals surface area contributed by atoms with Gasteiger partial charge in [-0.05, 0) is 36.8 Å². The van der Waals surface area contributed by atoms with E-state index in [1.165, 1.54) is 5.56 Å². The van der Waals surface area contributed by atoms with Gasteiger partial charge in [-0.3, -0.25) is 0 Å². The van der Waals surface area contributed by atoms with E-state index in [4.69, 9.17) is 0 Å². The summed E-state index contributed by atoms with van der Waals surface area (Å²) in [7, 11) is 0. The van der Waals surface area contributed by atoms with Gasteiger partial charge in [-0.25, -0.2) is 0 Å². The molecule has 0 fully saturated rings. The highest BCUT2D eigenvalue weighted by molar-refractivity contribution is 5.64. The summed E-state index contributed by atoms with van der Waals surface area (Å²) in [6.45, 7) is 5.90. The van der Waals surface area contributed by atoms with Crippen LogP contribution in [0.1, 0.15) is 18.2 Å². The molecule has 0 aliphatic carbocycles. The fraction of sp³-hybridized carbons (Fsp3) is 0.0667. The lowest BCUT2D eigenvalue weighted by Gasteiger charge is -2.06. The van der Waals surface area contributed by atoms with Crippen molar-refractivity contribution in [2.45, 2.75) is 6.92 Å². The second-order valence-corrected chi connectivity index (χ2v) is 3.57. The van der Waals surface area contributed by atoms with Gasteiger partial charge in [-0.1, -0.05) is 36.9 Å². The molecular weight excluding hydrogens is 194 g/mol. The van der Waals surface area contributed by atoms with Crippen molar-refractivity contribution in [3.63, 3.8) is 0 Å². The van der Waals surface area contributed by atoms with E-state index in [2.05, 4.69) is 41.6 Å². The first-order chi connectivity index (χ1) is 7.86. The predicted molar refractivity (Wildman–Crippen MR) is 70.6 cm³/mol. The van der Waals surface area contributed by atoms with Gasteiger partial charge in [-0.15, -0.1) is 0 Å². The highest BCUT2D eigenvalue weighted by atomic mass is 15.0. The molecule has 0 saturated carbocycles. The van der Waals surface area contributed by atoms with Crippen LogP contribution in [0.2, 0.25) is 0 Å². The quantitative estimate of drug-likeness (QED) is 0.715. The Kier molecular flexibility index (Phi) is 3.06. The molecule has 0 unspecified atom stereocenters. The Morgan fingerprint density at radius 1 is 1.12 bits per heavy atom. The van der Waals surface area contributed by atoms with Gasteiger partial charge in [0.2, 0.25) is 0 Å². The zero-order chi connectivity index (χ0) is 11.4. The number of hydrogen-bond donors (Lipinski definition) is 0. The van der Waals surface area contributed by atoms with E-state index in [0.717, 1.165) is 11.4 Å². The molecule has 16 heavy (non-hydrogen) atoms. The summed E-state index contributed by atoms with van der Waals surface area (Å²) in [6.07, 6.45) is 8.10. The molecule has 1 heteroatoms. The third kappa shape index (κ3) is 1.84. The fourth-order valence-electron chi connectivity index (χ4n) is 1.81. The molecule has 1 aromatic carbocycles. The van der Waals surface area contributed by atoms with Crippen molar-refractivity contribution >= 4 is 12.2 Å². The maximum atomic E-state index is 3.88. The van der Waals surface area contributed by atoms with Gasteiger partial charge < -0.3 is 4.57 Å². The number of hydrogen-bond acceptors (Lipinski definition) is 0. The van der Waals surface area contributed by atoms with Gasteiger partial charge in [0.1, 0.15) is 0 Å². The van der Waals surface area contributed by atoms with Crippen molar-refractivity contribution in [3.05, 3.63) is 66.5 Å². The topological polar surface area (TPSA) is 4.93 Å². The molecule has 2 aromatic rings. The summed E-state index contributed by atoms with van der Waals surface area (Å²) in [6, 6.07) is 12.4. The van der Waals surface area contributed by atoms with E-state index in [1.807, 2.05) is 37.3 Å². The molecule has 1 heterocycles. The van der Waals surface area contributed by atoms with Crippen molar-refractivity contribution in [2.75, 3.05) is 0 Å². The second-order valence-electron chi connectivity index (χ2n) is 3.57. The molecule has 1 nitrogen and oxygen atoms in total. The highest BCUT2D eigenvalue weighted by Gasteiger charge is 2.04. The molecule has 0 amide bonds. The summed E-state index contributed by atoms with van der Waals surface area (Å²) in [5.41, 5.74) is 3.49. The van der Waals surface area contributed by atoms with Crippen LogP contribution in [0.15, 0.2) is 55.3 Å². The highest BCUT2D eigenvalue weighted by Crippen LogP contribution is 2.19. The molecule has 2 rings (SSSR count). The van der Waals surface area contributed by atoms with Crippen LogP contribution in [0.3, 0.4) is 0 Å². The van der Waals surface area contributed by atoms with Crippen molar-refractivity contribution in [1.82, 2.24) is 4.57 Å². The molecular formula is C15H15N. The van der Waals surface area contributed by atoms with Crippen molar-refractivity contribution in [3.8, 4) is 5.69 Å². The third-order valence-corrected chi connectivity index (χ3v) is 2.53. The summed E-state index contributed by atoms with van der Waals surface area (Å²) in [5, 5.41) is 0. The second kappa shape index (κ2) is 4.67. The van der Waals surface area contributed by atoms with Crippen molar-refractivity contribution in [2.24, 2.45) is 0 Å². The van der Waals surface area contributed by atoms with Crippen LogP contribution in [0, 0.1) is 0 Å². The summed E-state index contributed by atoms with van der Waals surface area (Å²) >= 11 is 0. The third-order valence-electron chi connectivity index (χ3n) is 2.53. The van der Waals surface area contributed by atoms with Crippen LogP contribution in [-0.4, -0.2) is 4.57 Å². The first-order valence-electron chi connectivity index (χ1n) is 5.38. The maximum Gasteiger partial charge on any atom is 0.0522 e. The lowest BCUT2D eigenvalue weighted by molar-refractivity contribution is 1.06. The molecule has 1 aromatic heterocycles. The van der Waals surface area contributed by atoms with E-state index in [1.54, 1.807) is 0 Å². The Morgan fingerprint density at radius 2 is 1.88 bits per heavy atom. The normalized spacial score (nSPS) is 10.8. The lowest BCUT2D eigenvalue weighted by atomic mass is 10.2. The number of rotatable bonds is 3. The Labute approximate surface area is 96.4 Å². The number of para-hydroxylation sites is 1. The molecule has 0 aliphatic heterocycles. The summed E-state index contributed by atoms with van der Waals surface area (Å²) in [4.78, 5) is 0. The summed E-state index contributed by atoms with van der Waals surface area (Å²) < 4.78 is 2.14. The van der Waals surface area contributed by atoms with Crippen LogP contribution in [0.25, 0.3) is 17.8 Å². The zero-order valence-electron chi connectivity index (χ0n) is 9.43. The van der Waals surface area contributed by atoms with E-state index >= 15 is 0 Å². The monoisotopic (exact) mass is 209 g/mol. The van der Waals surface area contributed by atoms with Gasteiger partial charge in [0, 0.05) is 11.9 Å². The minimum absolute atomic E-state index is 1.13. The molecule has 0 N–H and O–H groups in total. The smallest absolute Gasteiger partial charge is 0.0522 e. The number of aromatic nitrogens is 1. The van der Waals surface area contributed by atoms with Crippen LogP contribution in [0.4, 0.5) is 0 Å². The average Bonchev–Trinajstić information content (AvgIpc) is 2.73. The van der Waals surface area contributed by atoms with E-state index in [-0.39, 0.29) is 0 Å². The molecule has 0 bridgehead atoms. The van der Waals surface area contributed by atoms with Gasteiger partial charge >= 0.3 is 0 Å². The molecule has 0 spiro atoms. The standard InChI is InChI=1S/C15H15N/c1-3-8-13-11-12-16(15(13)4-2)14-9-6-5-7-10-14/h3-12H,2H2,1H3/b8-3-. The van der Waals surface area contributed by atoms with Crippen molar-refractivity contribution in [1.29, 1.82) is 0 Å². The predicted octanol–water partition coefficient (Wildman–Crippen LogP) is 4.15.